The van der Waals surface area contributed by atoms with E-state index in [9.17, 15) is 0 Å². The van der Waals surface area contributed by atoms with Gasteiger partial charge < -0.3 is 0 Å². The number of rotatable bonds is 1. The van der Waals surface area contributed by atoms with E-state index >= 15 is 0 Å². The van der Waals surface area contributed by atoms with Crippen molar-refractivity contribution in [1.82, 2.24) is 9.97 Å². The molecule has 108 valence electrons. The average Bonchev–Trinajstić information content (AvgIpc) is 2.86. The van der Waals surface area contributed by atoms with Crippen LogP contribution in [0.1, 0.15) is 58.2 Å². The smallest absolute Gasteiger partial charge is 0.141 e. The van der Waals surface area contributed by atoms with Crippen molar-refractivity contribution < 1.29 is 0 Å². The van der Waals surface area contributed by atoms with E-state index in [-0.39, 0.29) is 0 Å². The molecule has 3 rings (SSSR count). The molecule has 0 atom stereocenters. The lowest BCUT2D eigenvalue weighted by Crippen LogP contribution is -2.25. The molecule has 2 nitrogen and oxygen atoms in total. The molecule has 0 unspecified atom stereocenters. The summed E-state index contributed by atoms with van der Waals surface area (Å²) in [7, 11) is 0. The van der Waals surface area contributed by atoms with Gasteiger partial charge in [0.15, 0.2) is 0 Å². The van der Waals surface area contributed by atoms with Crippen molar-refractivity contribution in [3.63, 3.8) is 0 Å². The second-order valence-electron chi connectivity index (χ2n) is 6.93. The van der Waals surface area contributed by atoms with Gasteiger partial charge in [0, 0.05) is 11.3 Å². The van der Waals surface area contributed by atoms with E-state index in [4.69, 9.17) is 16.6 Å². The first-order valence-corrected chi connectivity index (χ1v) is 8.61. The summed E-state index contributed by atoms with van der Waals surface area (Å²) in [5.41, 5.74) is 0.418. The van der Waals surface area contributed by atoms with E-state index in [0.717, 1.165) is 22.0 Å². The molecule has 2 heterocycles. The largest absolute Gasteiger partial charge is 0.222 e. The fraction of sp³-hybridized carbons (Fsp3) is 0.625. The van der Waals surface area contributed by atoms with Crippen molar-refractivity contribution in [2.45, 2.75) is 52.4 Å². The number of thiophene rings is 1. The molecule has 1 aliphatic rings. The lowest BCUT2D eigenvalue weighted by molar-refractivity contribution is 0.167. The van der Waals surface area contributed by atoms with Gasteiger partial charge in [-0.25, -0.2) is 9.97 Å². The van der Waals surface area contributed by atoms with Crippen molar-refractivity contribution in [1.29, 1.82) is 0 Å². The molecule has 0 saturated heterocycles. The average molecular weight is 309 g/mol. The maximum absolute atomic E-state index is 6.28. The molecule has 0 N–H and O–H groups in total. The maximum atomic E-state index is 6.28. The predicted octanol–water partition coefficient (Wildman–Crippen LogP) is 5.66. The summed E-state index contributed by atoms with van der Waals surface area (Å²) in [4.78, 5) is 10.3. The summed E-state index contributed by atoms with van der Waals surface area (Å²) in [6.07, 6.45) is 4.93. The maximum Gasteiger partial charge on any atom is 0.141 e. The number of hydrogen-bond donors (Lipinski definition) is 0. The third-order valence-corrected chi connectivity index (χ3v) is 5.71. The zero-order chi connectivity index (χ0) is 14.3. The van der Waals surface area contributed by atoms with Crippen LogP contribution in [0.15, 0.2) is 11.4 Å². The van der Waals surface area contributed by atoms with Crippen molar-refractivity contribution in [2.75, 3.05) is 0 Å². The van der Waals surface area contributed by atoms with Crippen LogP contribution in [0.3, 0.4) is 0 Å². The highest BCUT2D eigenvalue weighted by Gasteiger charge is 2.31. The summed E-state index contributed by atoms with van der Waals surface area (Å²) >= 11 is 7.93. The number of hydrogen-bond acceptors (Lipinski definition) is 3. The highest BCUT2D eigenvalue weighted by Crippen LogP contribution is 2.43. The molecule has 1 saturated carbocycles. The first-order chi connectivity index (χ1) is 9.45. The molecule has 4 heteroatoms. The van der Waals surface area contributed by atoms with Gasteiger partial charge in [-0.15, -0.1) is 11.3 Å². The van der Waals surface area contributed by atoms with Gasteiger partial charge in [-0.2, -0.15) is 0 Å². The fourth-order valence-corrected chi connectivity index (χ4v) is 4.30. The topological polar surface area (TPSA) is 25.8 Å². The number of nitrogens with zero attached hydrogens (tertiary/aromatic N) is 2. The number of halogens is 1. The van der Waals surface area contributed by atoms with Crippen LogP contribution in [0.5, 0.6) is 0 Å². The minimum absolute atomic E-state index is 0.418. The third kappa shape index (κ3) is 2.71. The molecule has 20 heavy (non-hydrogen) atoms. The Kier molecular flexibility index (Phi) is 3.76. The molecular weight excluding hydrogens is 288 g/mol. The summed E-state index contributed by atoms with van der Waals surface area (Å²) in [5, 5.41) is 3.64. The SMILES string of the molecule is CC(C)(C)C1CCC(c2nc(Cl)c3ccsc3n2)CC1. The van der Waals surface area contributed by atoms with Crippen LogP contribution in [0.25, 0.3) is 10.2 Å². The minimum atomic E-state index is 0.418. The lowest BCUT2D eigenvalue weighted by atomic mass is 9.70. The highest BCUT2D eigenvalue weighted by atomic mass is 35.5. The Morgan fingerprint density at radius 1 is 1.15 bits per heavy atom. The molecule has 0 spiro atoms. The molecular formula is C16H21ClN2S. The van der Waals surface area contributed by atoms with Gasteiger partial charge in [-0.05, 0) is 48.5 Å². The van der Waals surface area contributed by atoms with Crippen LogP contribution in [-0.4, -0.2) is 9.97 Å². The third-order valence-electron chi connectivity index (χ3n) is 4.61. The van der Waals surface area contributed by atoms with Crippen LogP contribution in [0, 0.1) is 11.3 Å². The van der Waals surface area contributed by atoms with Gasteiger partial charge in [0.25, 0.3) is 0 Å². The Morgan fingerprint density at radius 2 is 1.85 bits per heavy atom. The van der Waals surface area contributed by atoms with Crippen LogP contribution >= 0.6 is 22.9 Å². The van der Waals surface area contributed by atoms with Gasteiger partial charge in [0.2, 0.25) is 0 Å². The summed E-state index contributed by atoms with van der Waals surface area (Å²) in [6, 6.07) is 2.00. The van der Waals surface area contributed by atoms with E-state index in [1.165, 1.54) is 25.7 Å². The molecule has 0 aliphatic heterocycles. The molecule has 0 bridgehead atoms. The van der Waals surface area contributed by atoms with E-state index < -0.39 is 0 Å². The molecule has 2 aromatic rings. The van der Waals surface area contributed by atoms with Crippen molar-refractivity contribution in [3.8, 4) is 0 Å². The predicted molar refractivity (Wildman–Crippen MR) is 86.6 cm³/mol. The summed E-state index contributed by atoms with van der Waals surface area (Å²) < 4.78 is 0. The van der Waals surface area contributed by atoms with Gasteiger partial charge in [-0.3, -0.25) is 0 Å². The Labute approximate surface area is 129 Å². The molecule has 0 radical (unpaired) electrons. The first-order valence-electron chi connectivity index (χ1n) is 7.36. The second kappa shape index (κ2) is 5.27. The van der Waals surface area contributed by atoms with E-state index in [0.29, 0.717) is 16.5 Å². The first kappa shape index (κ1) is 14.3. The van der Waals surface area contributed by atoms with Gasteiger partial charge >= 0.3 is 0 Å². The zero-order valence-electron chi connectivity index (χ0n) is 12.3. The number of fused-ring (bicyclic) bond motifs is 1. The molecule has 1 fully saturated rings. The van der Waals surface area contributed by atoms with Crippen molar-refractivity contribution >= 4 is 33.2 Å². The van der Waals surface area contributed by atoms with Gasteiger partial charge in [-0.1, -0.05) is 32.4 Å². The van der Waals surface area contributed by atoms with Crippen LogP contribution in [-0.2, 0) is 0 Å². The molecule has 2 aromatic heterocycles. The minimum Gasteiger partial charge on any atom is -0.222 e. The summed E-state index contributed by atoms with van der Waals surface area (Å²) in [6.45, 7) is 7.05. The van der Waals surface area contributed by atoms with E-state index in [2.05, 4.69) is 25.8 Å². The Morgan fingerprint density at radius 3 is 2.50 bits per heavy atom. The van der Waals surface area contributed by atoms with Gasteiger partial charge in [0.1, 0.15) is 15.8 Å². The quantitative estimate of drug-likeness (QED) is 0.635. The Bertz CT molecular complexity index is 606. The lowest BCUT2D eigenvalue weighted by Gasteiger charge is -2.36. The van der Waals surface area contributed by atoms with Crippen LogP contribution in [0.2, 0.25) is 5.15 Å². The van der Waals surface area contributed by atoms with E-state index in [1.807, 2.05) is 11.4 Å². The molecule has 0 amide bonds. The standard InChI is InChI=1S/C16H21ClN2S/c1-16(2,3)11-6-4-10(5-7-11)14-18-13(17)12-8-9-20-15(12)19-14/h8-11H,4-7H2,1-3H3. The Hall–Kier alpha value is -0.670. The fourth-order valence-electron chi connectivity index (χ4n) is 3.23. The van der Waals surface area contributed by atoms with Crippen molar-refractivity contribution in [3.05, 3.63) is 22.4 Å². The number of aromatic nitrogens is 2. The zero-order valence-corrected chi connectivity index (χ0v) is 13.9. The van der Waals surface area contributed by atoms with Crippen molar-refractivity contribution in [2.24, 2.45) is 11.3 Å². The molecule has 1 aliphatic carbocycles. The van der Waals surface area contributed by atoms with E-state index in [1.54, 1.807) is 11.3 Å². The Balaban J connectivity index is 1.80. The summed E-state index contributed by atoms with van der Waals surface area (Å²) in [5.74, 6) is 2.26. The van der Waals surface area contributed by atoms with Gasteiger partial charge in [0.05, 0.1) is 0 Å². The molecule has 0 aromatic carbocycles. The normalized spacial score (nSPS) is 24.2. The van der Waals surface area contributed by atoms with Crippen LogP contribution < -0.4 is 0 Å². The van der Waals surface area contributed by atoms with Crippen LogP contribution in [0.4, 0.5) is 0 Å². The second-order valence-corrected chi connectivity index (χ2v) is 8.18. The highest BCUT2D eigenvalue weighted by molar-refractivity contribution is 7.16. The monoisotopic (exact) mass is 308 g/mol.